The summed E-state index contributed by atoms with van der Waals surface area (Å²) in [6.07, 6.45) is 0.202. The van der Waals surface area contributed by atoms with Crippen molar-refractivity contribution in [2.45, 2.75) is 39.7 Å². The topological polar surface area (TPSA) is 87.5 Å². The van der Waals surface area contributed by atoms with Crippen LogP contribution >= 0.6 is 0 Å². The summed E-state index contributed by atoms with van der Waals surface area (Å²) >= 11 is 0. The lowest BCUT2D eigenvalue weighted by atomic mass is 10.0. The lowest BCUT2D eigenvalue weighted by Crippen LogP contribution is -2.35. The zero-order valence-corrected chi connectivity index (χ0v) is 9.46. The minimum atomic E-state index is -1.17. The number of carbonyl (C=O) groups is 2. The minimum Gasteiger partial charge on any atom is -0.481 e. The molecule has 0 bridgehead atoms. The SMILES string of the molecule is CC[C@@H](C(=N)C(=O)OC(C)(C)C)C(=O)O. The van der Waals surface area contributed by atoms with Gasteiger partial charge in [0.25, 0.3) is 0 Å². The first-order valence-electron chi connectivity index (χ1n) is 4.73. The number of hydrogen-bond acceptors (Lipinski definition) is 4. The highest BCUT2D eigenvalue weighted by molar-refractivity contribution is 6.39. The Labute approximate surface area is 88.9 Å². The normalized spacial score (nSPS) is 13.1. The van der Waals surface area contributed by atoms with Crippen LogP contribution in [0.25, 0.3) is 0 Å². The van der Waals surface area contributed by atoms with E-state index in [1.807, 2.05) is 0 Å². The molecule has 0 unspecified atom stereocenters. The van der Waals surface area contributed by atoms with Gasteiger partial charge in [-0.15, -0.1) is 0 Å². The summed E-state index contributed by atoms with van der Waals surface area (Å²) in [7, 11) is 0. The maximum absolute atomic E-state index is 11.4. The van der Waals surface area contributed by atoms with E-state index in [0.29, 0.717) is 0 Å². The van der Waals surface area contributed by atoms with Crippen molar-refractivity contribution in [3.63, 3.8) is 0 Å². The van der Waals surface area contributed by atoms with Crippen molar-refractivity contribution in [1.29, 1.82) is 5.41 Å². The van der Waals surface area contributed by atoms with Crippen LogP contribution in [-0.4, -0.2) is 28.4 Å². The van der Waals surface area contributed by atoms with E-state index in [1.165, 1.54) is 0 Å². The summed E-state index contributed by atoms with van der Waals surface area (Å²) in [4.78, 5) is 22.0. The number of aliphatic carboxylic acids is 1. The smallest absolute Gasteiger partial charge is 0.353 e. The molecule has 0 aliphatic carbocycles. The Kier molecular flexibility index (Phi) is 4.45. The highest BCUT2D eigenvalue weighted by Crippen LogP contribution is 2.12. The molecule has 0 aromatic heterocycles. The number of carboxylic acids is 1. The molecule has 0 spiro atoms. The molecule has 0 aromatic carbocycles. The van der Waals surface area contributed by atoms with E-state index in [2.05, 4.69) is 0 Å². The minimum absolute atomic E-state index is 0.202. The second-order valence-corrected chi connectivity index (χ2v) is 4.21. The molecule has 15 heavy (non-hydrogen) atoms. The van der Waals surface area contributed by atoms with Gasteiger partial charge in [0, 0.05) is 0 Å². The van der Waals surface area contributed by atoms with Gasteiger partial charge in [-0.1, -0.05) is 6.92 Å². The molecule has 5 heteroatoms. The number of nitrogens with one attached hydrogen (secondary N) is 1. The average Bonchev–Trinajstić information content (AvgIpc) is 2.01. The third-order valence-corrected chi connectivity index (χ3v) is 1.67. The predicted octanol–water partition coefficient (Wildman–Crippen LogP) is 1.46. The number of carboxylic acid groups (broad SMARTS) is 1. The van der Waals surface area contributed by atoms with Crippen LogP contribution in [0.5, 0.6) is 0 Å². The van der Waals surface area contributed by atoms with Crippen LogP contribution in [0.2, 0.25) is 0 Å². The van der Waals surface area contributed by atoms with Gasteiger partial charge >= 0.3 is 11.9 Å². The molecule has 86 valence electrons. The Morgan fingerprint density at radius 3 is 2.13 bits per heavy atom. The van der Waals surface area contributed by atoms with E-state index in [9.17, 15) is 9.59 Å². The molecule has 0 aromatic rings. The van der Waals surface area contributed by atoms with E-state index < -0.39 is 29.2 Å². The molecular weight excluding hydrogens is 198 g/mol. The van der Waals surface area contributed by atoms with Gasteiger partial charge in [0.05, 0.1) is 0 Å². The third-order valence-electron chi connectivity index (χ3n) is 1.67. The van der Waals surface area contributed by atoms with Gasteiger partial charge in [0.15, 0.2) is 0 Å². The highest BCUT2D eigenvalue weighted by Gasteiger charge is 2.29. The first kappa shape index (κ1) is 13.6. The number of esters is 1. The highest BCUT2D eigenvalue weighted by atomic mass is 16.6. The molecule has 0 aliphatic heterocycles. The largest absolute Gasteiger partial charge is 0.481 e. The maximum Gasteiger partial charge on any atom is 0.353 e. The fraction of sp³-hybridized carbons (Fsp3) is 0.700. The quantitative estimate of drug-likeness (QED) is 0.549. The molecule has 0 rings (SSSR count). The first-order chi connectivity index (χ1) is 6.69. The van der Waals surface area contributed by atoms with Crippen molar-refractivity contribution < 1.29 is 19.4 Å². The van der Waals surface area contributed by atoms with E-state index in [0.717, 1.165) is 0 Å². The second kappa shape index (κ2) is 4.91. The maximum atomic E-state index is 11.4. The molecule has 0 fully saturated rings. The summed E-state index contributed by atoms with van der Waals surface area (Å²) in [5.74, 6) is -3.12. The monoisotopic (exact) mass is 215 g/mol. The van der Waals surface area contributed by atoms with E-state index in [4.69, 9.17) is 15.3 Å². The van der Waals surface area contributed by atoms with Crippen molar-refractivity contribution in [2.75, 3.05) is 0 Å². The summed E-state index contributed by atoms with van der Waals surface area (Å²) < 4.78 is 4.91. The van der Waals surface area contributed by atoms with Gasteiger partial charge in [0.2, 0.25) is 0 Å². The number of rotatable bonds is 4. The lowest BCUT2D eigenvalue weighted by molar-refractivity contribution is -0.148. The van der Waals surface area contributed by atoms with Gasteiger partial charge in [-0.05, 0) is 27.2 Å². The number of ether oxygens (including phenoxy) is 1. The standard InChI is InChI=1S/C10H17NO4/c1-5-6(8(12)13)7(11)9(14)15-10(2,3)4/h6,11H,5H2,1-4H3,(H,12,13)/t6-/m0/s1. The molecular formula is C10H17NO4. The Morgan fingerprint density at radius 2 is 1.87 bits per heavy atom. The van der Waals surface area contributed by atoms with Gasteiger partial charge in [-0.25, -0.2) is 4.79 Å². The molecule has 2 N–H and O–H groups in total. The molecule has 0 aliphatic rings. The average molecular weight is 215 g/mol. The molecule has 0 saturated carbocycles. The zero-order chi connectivity index (χ0) is 12.2. The number of hydrogen-bond donors (Lipinski definition) is 2. The van der Waals surface area contributed by atoms with Crippen LogP contribution in [-0.2, 0) is 14.3 Å². The molecule has 0 radical (unpaired) electrons. The van der Waals surface area contributed by atoms with Crippen LogP contribution in [0.15, 0.2) is 0 Å². The molecule has 5 nitrogen and oxygen atoms in total. The Hall–Kier alpha value is -1.39. The van der Waals surface area contributed by atoms with Crippen molar-refractivity contribution in [2.24, 2.45) is 5.92 Å². The lowest BCUT2D eigenvalue weighted by Gasteiger charge is -2.21. The zero-order valence-electron chi connectivity index (χ0n) is 9.46. The molecule has 0 amide bonds. The van der Waals surface area contributed by atoms with Crippen molar-refractivity contribution in [1.82, 2.24) is 0 Å². The molecule has 0 saturated heterocycles. The summed E-state index contributed by atoms with van der Waals surface area (Å²) in [6.45, 7) is 6.61. The van der Waals surface area contributed by atoms with E-state index in [1.54, 1.807) is 27.7 Å². The van der Waals surface area contributed by atoms with Crippen molar-refractivity contribution in [3.05, 3.63) is 0 Å². The Balaban J connectivity index is 4.57. The van der Waals surface area contributed by atoms with Gasteiger partial charge in [-0.3, -0.25) is 10.2 Å². The molecule has 1 atom stereocenters. The van der Waals surface area contributed by atoms with Crippen LogP contribution in [0, 0.1) is 11.3 Å². The van der Waals surface area contributed by atoms with Crippen LogP contribution in [0.4, 0.5) is 0 Å². The first-order valence-corrected chi connectivity index (χ1v) is 4.73. The third kappa shape index (κ3) is 4.58. The van der Waals surface area contributed by atoms with E-state index in [-0.39, 0.29) is 6.42 Å². The molecule has 0 heterocycles. The fourth-order valence-corrected chi connectivity index (χ4v) is 0.978. The van der Waals surface area contributed by atoms with Gasteiger partial charge in [-0.2, -0.15) is 0 Å². The van der Waals surface area contributed by atoms with E-state index >= 15 is 0 Å². The Morgan fingerprint density at radius 1 is 1.40 bits per heavy atom. The summed E-state index contributed by atoms with van der Waals surface area (Å²) in [5, 5.41) is 16.1. The predicted molar refractivity (Wildman–Crippen MR) is 55.0 cm³/mol. The Bertz CT molecular complexity index is 278. The van der Waals surface area contributed by atoms with Crippen LogP contribution in [0.3, 0.4) is 0 Å². The van der Waals surface area contributed by atoms with Gasteiger partial charge in [0.1, 0.15) is 17.2 Å². The van der Waals surface area contributed by atoms with Crippen molar-refractivity contribution in [3.8, 4) is 0 Å². The van der Waals surface area contributed by atoms with Crippen LogP contribution < -0.4 is 0 Å². The van der Waals surface area contributed by atoms with Crippen LogP contribution in [0.1, 0.15) is 34.1 Å². The van der Waals surface area contributed by atoms with Gasteiger partial charge < -0.3 is 9.84 Å². The fourth-order valence-electron chi connectivity index (χ4n) is 0.978. The van der Waals surface area contributed by atoms with Crippen molar-refractivity contribution >= 4 is 17.7 Å². The number of carbonyl (C=O) groups excluding carboxylic acids is 1. The summed E-state index contributed by atoms with van der Waals surface area (Å²) in [5.41, 5.74) is -1.21. The summed E-state index contributed by atoms with van der Waals surface area (Å²) in [6, 6.07) is 0. The second-order valence-electron chi connectivity index (χ2n) is 4.21.